The van der Waals surface area contributed by atoms with Gasteiger partial charge < -0.3 is 4.42 Å². The molecule has 0 spiro atoms. The molecule has 1 heterocycles. The third-order valence-electron chi connectivity index (χ3n) is 3.48. The van der Waals surface area contributed by atoms with Crippen LogP contribution in [0.5, 0.6) is 0 Å². The Morgan fingerprint density at radius 3 is 2.33 bits per heavy atom. The summed E-state index contributed by atoms with van der Waals surface area (Å²) < 4.78 is 5.68. The van der Waals surface area contributed by atoms with Crippen LogP contribution in [0.15, 0.2) is 68.6 Å². The van der Waals surface area contributed by atoms with E-state index in [-0.39, 0.29) is 16.4 Å². The van der Waals surface area contributed by atoms with E-state index in [0.717, 1.165) is 12.0 Å². The van der Waals surface area contributed by atoms with Crippen LogP contribution in [0.1, 0.15) is 12.5 Å². The van der Waals surface area contributed by atoms with Crippen molar-refractivity contribution in [3.8, 4) is 11.3 Å². The summed E-state index contributed by atoms with van der Waals surface area (Å²) in [6.45, 7) is 2.08. The van der Waals surface area contributed by atoms with Crippen LogP contribution >= 0.6 is 0 Å². The van der Waals surface area contributed by atoms with Crippen molar-refractivity contribution in [2.24, 2.45) is 0 Å². The summed E-state index contributed by atoms with van der Waals surface area (Å²) in [4.78, 5) is 24.2. The lowest BCUT2D eigenvalue weighted by Gasteiger charge is -2.03. The molecule has 0 aliphatic carbocycles. The smallest absolute Gasteiger partial charge is 0.221 e. The molecule has 3 nitrogen and oxygen atoms in total. The first-order valence-corrected chi connectivity index (χ1v) is 6.85. The van der Waals surface area contributed by atoms with Crippen LogP contribution in [-0.2, 0) is 6.42 Å². The Balaban J connectivity index is 2.27. The molecule has 2 aromatic carbocycles. The molecule has 0 radical (unpaired) electrons. The molecule has 0 fully saturated rings. The summed E-state index contributed by atoms with van der Waals surface area (Å²) in [6, 6.07) is 15.5. The molecule has 0 unspecified atom stereocenters. The van der Waals surface area contributed by atoms with E-state index in [1.54, 1.807) is 18.2 Å². The number of hydrogen-bond acceptors (Lipinski definition) is 3. The Bertz CT molecular complexity index is 906. The summed E-state index contributed by atoms with van der Waals surface area (Å²) in [7, 11) is 0. The SMILES string of the molecule is CCc1ccc(-c2cc(=O)c3ccccc(=O)c3o2)cc1. The minimum absolute atomic E-state index is 0.0991. The molecule has 0 bridgehead atoms. The van der Waals surface area contributed by atoms with Crippen LogP contribution in [0, 0.1) is 0 Å². The van der Waals surface area contributed by atoms with Crippen LogP contribution in [0.4, 0.5) is 0 Å². The third-order valence-corrected chi connectivity index (χ3v) is 3.48. The topological polar surface area (TPSA) is 47.3 Å². The van der Waals surface area contributed by atoms with Gasteiger partial charge in [0.1, 0.15) is 5.76 Å². The fourth-order valence-electron chi connectivity index (χ4n) is 2.26. The molecule has 0 atom stereocenters. The maximum Gasteiger partial charge on any atom is 0.221 e. The molecule has 0 saturated carbocycles. The van der Waals surface area contributed by atoms with E-state index in [2.05, 4.69) is 6.92 Å². The zero-order valence-electron chi connectivity index (χ0n) is 11.6. The molecule has 104 valence electrons. The normalized spacial score (nSPS) is 10.7. The van der Waals surface area contributed by atoms with Gasteiger partial charge in [-0.25, -0.2) is 0 Å². The van der Waals surface area contributed by atoms with Crippen molar-refractivity contribution in [3.63, 3.8) is 0 Å². The van der Waals surface area contributed by atoms with Gasteiger partial charge in [0.25, 0.3) is 0 Å². The van der Waals surface area contributed by atoms with Crippen molar-refractivity contribution >= 4 is 11.0 Å². The molecule has 1 aromatic heterocycles. The Kier molecular flexibility index (Phi) is 3.40. The van der Waals surface area contributed by atoms with Crippen molar-refractivity contribution < 1.29 is 4.42 Å². The van der Waals surface area contributed by atoms with Crippen molar-refractivity contribution in [1.82, 2.24) is 0 Å². The molecule has 0 aliphatic heterocycles. The number of aryl methyl sites for hydroxylation is 1. The van der Waals surface area contributed by atoms with E-state index in [0.29, 0.717) is 11.1 Å². The number of hydrogen-bond donors (Lipinski definition) is 0. The van der Waals surface area contributed by atoms with Gasteiger partial charge in [-0.2, -0.15) is 0 Å². The van der Waals surface area contributed by atoms with Crippen molar-refractivity contribution in [3.05, 3.63) is 80.6 Å². The standard InChI is InChI=1S/C18H14O3/c1-2-12-7-9-13(10-8-12)17-11-16(20)14-5-3-4-6-15(19)18(14)21-17/h3-11H,2H2,1H3. The van der Waals surface area contributed by atoms with E-state index in [1.165, 1.54) is 17.7 Å². The second-order valence-electron chi connectivity index (χ2n) is 4.85. The highest BCUT2D eigenvalue weighted by atomic mass is 16.3. The summed E-state index contributed by atoms with van der Waals surface area (Å²) in [6.07, 6.45) is 0.947. The van der Waals surface area contributed by atoms with Crippen LogP contribution in [0.25, 0.3) is 22.3 Å². The highest BCUT2D eigenvalue weighted by molar-refractivity contribution is 5.77. The van der Waals surface area contributed by atoms with E-state index in [1.807, 2.05) is 24.3 Å². The maximum absolute atomic E-state index is 12.2. The van der Waals surface area contributed by atoms with Gasteiger partial charge in [0.2, 0.25) is 5.43 Å². The molecule has 0 saturated heterocycles. The van der Waals surface area contributed by atoms with E-state index in [4.69, 9.17) is 4.42 Å². The summed E-state index contributed by atoms with van der Waals surface area (Å²) in [5.74, 6) is 0.415. The second-order valence-corrected chi connectivity index (χ2v) is 4.85. The second kappa shape index (κ2) is 5.37. The summed E-state index contributed by atoms with van der Waals surface area (Å²) in [5, 5.41) is 0.305. The van der Waals surface area contributed by atoms with Gasteiger partial charge in [-0.15, -0.1) is 0 Å². The van der Waals surface area contributed by atoms with Crippen LogP contribution in [0.3, 0.4) is 0 Å². The molecule has 3 rings (SSSR count). The van der Waals surface area contributed by atoms with Crippen molar-refractivity contribution in [2.45, 2.75) is 13.3 Å². The minimum Gasteiger partial charge on any atom is -0.452 e. The quantitative estimate of drug-likeness (QED) is 0.722. The van der Waals surface area contributed by atoms with Gasteiger partial charge >= 0.3 is 0 Å². The van der Waals surface area contributed by atoms with Crippen LogP contribution < -0.4 is 10.9 Å². The molecular formula is C18H14O3. The third kappa shape index (κ3) is 2.50. The Hall–Kier alpha value is -2.68. The molecule has 3 aromatic rings. The highest BCUT2D eigenvalue weighted by Crippen LogP contribution is 2.21. The fraction of sp³-hybridized carbons (Fsp3) is 0.111. The van der Waals surface area contributed by atoms with Gasteiger partial charge in [0.05, 0.1) is 5.39 Å². The van der Waals surface area contributed by atoms with Gasteiger partial charge in [0.15, 0.2) is 11.0 Å². The van der Waals surface area contributed by atoms with Crippen LogP contribution in [0.2, 0.25) is 0 Å². The fourth-order valence-corrected chi connectivity index (χ4v) is 2.26. The van der Waals surface area contributed by atoms with Crippen molar-refractivity contribution in [1.29, 1.82) is 0 Å². The number of fused-ring (bicyclic) bond motifs is 1. The van der Waals surface area contributed by atoms with E-state index >= 15 is 0 Å². The lowest BCUT2D eigenvalue weighted by Crippen LogP contribution is -2.05. The van der Waals surface area contributed by atoms with E-state index in [9.17, 15) is 9.59 Å². The van der Waals surface area contributed by atoms with Gasteiger partial charge in [0, 0.05) is 11.6 Å². The lowest BCUT2D eigenvalue weighted by molar-refractivity contribution is 0.616. The Morgan fingerprint density at radius 1 is 0.905 bits per heavy atom. The first-order chi connectivity index (χ1) is 10.2. The average Bonchev–Trinajstić information content (AvgIpc) is 2.70. The first kappa shape index (κ1) is 13.3. The summed E-state index contributed by atoms with van der Waals surface area (Å²) >= 11 is 0. The predicted molar refractivity (Wildman–Crippen MR) is 83.6 cm³/mol. The molecule has 0 N–H and O–H groups in total. The lowest BCUT2D eigenvalue weighted by atomic mass is 10.1. The minimum atomic E-state index is -0.292. The zero-order chi connectivity index (χ0) is 14.8. The Morgan fingerprint density at radius 2 is 1.62 bits per heavy atom. The summed E-state index contributed by atoms with van der Waals surface area (Å²) in [5.41, 5.74) is 1.59. The van der Waals surface area contributed by atoms with Gasteiger partial charge in [-0.05, 0) is 24.1 Å². The average molecular weight is 278 g/mol. The van der Waals surface area contributed by atoms with E-state index < -0.39 is 0 Å². The van der Waals surface area contributed by atoms with Gasteiger partial charge in [-0.3, -0.25) is 9.59 Å². The zero-order valence-corrected chi connectivity index (χ0v) is 11.6. The largest absolute Gasteiger partial charge is 0.452 e. The molecular weight excluding hydrogens is 264 g/mol. The van der Waals surface area contributed by atoms with Crippen LogP contribution in [-0.4, -0.2) is 0 Å². The predicted octanol–water partition coefficient (Wildman–Crippen LogP) is 3.38. The monoisotopic (exact) mass is 278 g/mol. The number of benzene rings is 1. The molecule has 21 heavy (non-hydrogen) atoms. The molecule has 0 aliphatic rings. The highest BCUT2D eigenvalue weighted by Gasteiger charge is 2.08. The molecule has 3 heteroatoms. The van der Waals surface area contributed by atoms with Crippen molar-refractivity contribution in [2.75, 3.05) is 0 Å². The number of rotatable bonds is 2. The molecule has 0 amide bonds. The first-order valence-electron chi connectivity index (χ1n) is 6.85. The van der Waals surface area contributed by atoms with Gasteiger partial charge in [-0.1, -0.05) is 43.3 Å². The maximum atomic E-state index is 12.2. The Labute approximate surface area is 121 Å².